The summed E-state index contributed by atoms with van der Waals surface area (Å²) in [6.07, 6.45) is 0. The van der Waals surface area contributed by atoms with Crippen LogP contribution in [0.1, 0.15) is 33.9 Å². The molecule has 0 aliphatic rings. The number of rotatable bonds is 6. The molecule has 2 heterocycles. The molecule has 3 N–H and O–H groups in total. The number of hydrogen-bond acceptors (Lipinski definition) is 8. The Kier molecular flexibility index (Phi) is 5.08. The van der Waals surface area contributed by atoms with E-state index >= 15 is 0 Å². The number of nitrogen functional groups attached to an aromatic ring is 1. The average molecular weight is 371 g/mol. The lowest BCUT2D eigenvalue weighted by molar-refractivity contribution is 0.0960. The first-order valence-corrected chi connectivity index (χ1v) is 8.70. The fourth-order valence-electron chi connectivity index (χ4n) is 2.58. The maximum Gasteiger partial charge on any atom is 0.261 e. The Morgan fingerprint density at radius 2 is 2.08 bits per heavy atom. The minimum atomic E-state index is -0.870. The van der Waals surface area contributed by atoms with E-state index in [4.69, 9.17) is 10.5 Å². The fourth-order valence-corrected chi connectivity index (χ4v) is 3.55. The van der Waals surface area contributed by atoms with Crippen molar-refractivity contribution >= 4 is 33.4 Å². The summed E-state index contributed by atoms with van der Waals surface area (Å²) in [6.45, 7) is 2.35. The average Bonchev–Trinajstić information content (AvgIpc) is 3.07. The summed E-state index contributed by atoms with van der Waals surface area (Å²) in [4.78, 5) is 33.1. The van der Waals surface area contributed by atoms with Gasteiger partial charge in [0.15, 0.2) is 6.04 Å². The highest BCUT2D eigenvalue weighted by Crippen LogP contribution is 2.34. The lowest BCUT2D eigenvalue weighted by Gasteiger charge is -2.11. The van der Waals surface area contributed by atoms with Crippen LogP contribution in [0.5, 0.6) is 5.75 Å². The van der Waals surface area contributed by atoms with Gasteiger partial charge in [0.1, 0.15) is 10.6 Å². The number of hydrogen-bond donors (Lipinski definition) is 2. The highest BCUT2D eigenvalue weighted by Gasteiger charge is 2.23. The third-order valence-corrected chi connectivity index (χ3v) is 4.82. The summed E-state index contributed by atoms with van der Waals surface area (Å²) in [6, 6.07) is 7.76. The number of carbonyl (C=O) groups is 1. The number of thiophene rings is 1. The van der Waals surface area contributed by atoms with Crippen LogP contribution in [0.4, 0.5) is 5.95 Å². The van der Waals surface area contributed by atoms with Crippen LogP contribution in [0.25, 0.3) is 10.2 Å². The van der Waals surface area contributed by atoms with E-state index in [9.17, 15) is 9.70 Å². The summed E-state index contributed by atoms with van der Waals surface area (Å²) in [5.41, 5.74) is 6.82. The minimum absolute atomic E-state index is 0.0268. The monoisotopic (exact) mass is 371 g/mol. The van der Waals surface area contributed by atoms with Crippen molar-refractivity contribution in [3.63, 3.8) is 0 Å². The standard InChI is InChI=1S/C17H17N5O3S/c1-3-19-15(23)12-8-11-14(20-17(18)21-16(11)26-12)13(22-24)9-4-6-10(25-2)7-5-9/h4-8,13H,3H2,1-2H3,(H,19,23)(H2,18,20,21). The molecule has 0 aliphatic heterocycles. The van der Waals surface area contributed by atoms with Crippen LogP contribution in [0, 0.1) is 4.91 Å². The second-order valence-electron chi connectivity index (χ2n) is 5.44. The number of methoxy groups -OCH3 is 1. The Hall–Kier alpha value is -3.07. The number of nitrogens with one attached hydrogen (secondary N) is 1. The molecule has 26 heavy (non-hydrogen) atoms. The molecule has 3 aromatic rings. The number of benzene rings is 1. The number of carbonyl (C=O) groups excluding carboxylic acids is 1. The Bertz CT molecular complexity index is 955. The molecular weight excluding hydrogens is 354 g/mol. The van der Waals surface area contributed by atoms with E-state index in [1.165, 1.54) is 11.3 Å². The summed E-state index contributed by atoms with van der Waals surface area (Å²) in [5.74, 6) is 0.485. The second-order valence-corrected chi connectivity index (χ2v) is 6.47. The first-order valence-electron chi connectivity index (χ1n) is 7.89. The zero-order valence-electron chi connectivity index (χ0n) is 14.2. The van der Waals surface area contributed by atoms with Gasteiger partial charge in [-0.1, -0.05) is 17.3 Å². The number of amides is 1. The molecule has 0 saturated carbocycles. The van der Waals surface area contributed by atoms with E-state index in [0.717, 1.165) is 0 Å². The van der Waals surface area contributed by atoms with Crippen LogP contribution >= 0.6 is 11.3 Å². The molecule has 0 aliphatic carbocycles. The molecule has 1 atom stereocenters. The predicted octanol–water partition coefficient (Wildman–Crippen LogP) is 2.89. The highest BCUT2D eigenvalue weighted by atomic mass is 32.1. The predicted molar refractivity (Wildman–Crippen MR) is 100 cm³/mol. The molecule has 0 fully saturated rings. The summed E-state index contributed by atoms with van der Waals surface area (Å²) in [5, 5.41) is 6.56. The smallest absolute Gasteiger partial charge is 0.261 e. The fraction of sp³-hybridized carbons (Fsp3) is 0.235. The van der Waals surface area contributed by atoms with Crippen LogP contribution in [-0.4, -0.2) is 29.5 Å². The molecule has 0 spiro atoms. The zero-order chi connectivity index (χ0) is 18.7. The zero-order valence-corrected chi connectivity index (χ0v) is 15.0. The Labute approximate surface area is 153 Å². The summed E-state index contributed by atoms with van der Waals surface area (Å²) in [7, 11) is 1.56. The van der Waals surface area contributed by atoms with Gasteiger partial charge >= 0.3 is 0 Å². The lowest BCUT2D eigenvalue weighted by atomic mass is 10.0. The first kappa shape index (κ1) is 17.7. The third-order valence-electron chi connectivity index (χ3n) is 3.80. The maximum absolute atomic E-state index is 12.1. The van der Waals surface area contributed by atoms with Crippen molar-refractivity contribution in [2.75, 3.05) is 19.4 Å². The van der Waals surface area contributed by atoms with Crippen LogP contribution in [0.15, 0.2) is 35.5 Å². The number of nitroso groups, excluding NO2 is 1. The van der Waals surface area contributed by atoms with Crippen LogP contribution in [0.2, 0.25) is 0 Å². The van der Waals surface area contributed by atoms with Gasteiger partial charge in [0.2, 0.25) is 5.95 Å². The molecule has 3 rings (SSSR count). The topological polar surface area (TPSA) is 120 Å². The Morgan fingerprint density at radius 1 is 1.35 bits per heavy atom. The summed E-state index contributed by atoms with van der Waals surface area (Å²) < 4.78 is 5.13. The van der Waals surface area contributed by atoms with Crippen LogP contribution in [-0.2, 0) is 0 Å². The molecule has 1 amide bonds. The van der Waals surface area contributed by atoms with Crippen molar-refractivity contribution in [3.05, 3.63) is 51.4 Å². The third kappa shape index (κ3) is 3.33. The van der Waals surface area contributed by atoms with Crippen molar-refractivity contribution in [2.24, 2.45) is 5.18 Å². The number of anilines is 1. The van der Waals surface area contributed by atoms with E-state index < -0.39 is 6.04 Å². The van der Waals surface area contributed by atoms with Gasteiger partial charge < -0.3 is 15.8 Å². The van der Waals surface area contributed by atoms with Gasteiger partial charge in [0.05, 0.1) is 17.7 Å². The van der Waals surface area contributed by atoms with Gasteiger partial charge in [-0.15, -0.1) is 16.2 Å². The number of aromatic nitrogens is 2. The van der Waals surface area contributed by atoms with E-state index in [1.807, 2.05) is 6.92 Å². The Balaban J connectivity index is 2.11. The molecule has 8 nitrogen and oxygen atoms in total. The SMILES string of the molecule is CCNC(=O)c1cc2c(C(N=O)c3ccc(OC)cc3)nc(N)nc2s1. The Morgan fingerprint density at radius 3 is 2.69 bits per heavy atom. The molecule has 0 saturated heterocycles. The van der Waals surface area contributed by atoms with Gasteiger partial charge in [0, 0.05) is 11.9 Å². The maximum atomic E-state index is 12.1. The molecule has 134 valence electrons. The molecule has 1 unspecified atom stereocenters. The van der Waals surface area contributed by atoms with Crippen molar-refractivity contribution < 1.29 is 9.53 Å². The first-order chi connectivity index (χ1) is 12.6. The van der Waals surface area contributed by atoms with Crippen molar-refractivity contribution in [2.45, 2.75) is 13.0 Å². The van der Waals surface area contributed by atoms with Gasteiger partial charge in [-0.05, 0) is 30.7 Å². The number of nitrogens with zero attached hydrogens (tertiary/aromatic N) is 3. The molecule has 9 heteroatoms. The molecule has 1 aromatic carbocycles. The van der Waals surface area contributed by atoms with E-state index in [0.29, 0.717) is 38.6 Å². The van der Waals surface area contributed by atoms with Gasteiger partial charge in [-0.25, -0.2) is 9.97 Å². The molecule has 0 radical (unpaired) electrons. The minimum Gasteiger partial charge on any atom is -0.497 e. The lowest BCUT2D eigenvalue weighted by Crippen LogP contribution is -2.21. The van der Waals surface area contributed by atoms with E-state index in [2.05, 4.69) is 20.5 Å². The van der Waals surface area contributed by atoms with Gasteiger partial charge in [-0.3, -0.25) is 4.79 Å². The quantitative estimate of drug-likeness (QED) is 0.643. The molecular formula is C17H17N5O3S. The van der Waals surface area contributed by atoms with Crippen molar-refractivity contribution in [1.82, 2.24) is 15.3 Å². The van der Waals surface area contributed by atoms with E-state index in [-0.39, 0.29) is 11.9 Å². The largest absolute Gasteiger partial charge is 0.497 e. The number of ether oxygens (including phenoxy) is 1. The normalized spacial score (nSPS) is 11.9. The van der Waals surface area contributed by atoms with E-state index in [1.54, 1.807) is 37.4 Å². The summed E-state index contributed by atoms with van der Waals surface area (Å²) >= 11 is 1.20. The van der Waals surface area contributed by atoms with Crippen molar-refractivity contribution in [1.29, 1.82) is 0 Å². The van der Waals surface area contributed by atoms with Gasteiger partial charge in [0.25, 0.3) is 5.91 Å². The molecule has 2 aromatic heterocycles. The number of fused-ring (bicyclic) bond motifs is 1. The number of nitrogens with two attached hydrogens (primary N) is 1. The van der Waals surface area contributed by atoms with Crippen LogP contribution < -0.4 is 15.8 Å². The van der Waals surface area contributed by atoms with Crippen LogP contribution in [0.3, 0.4) is 0 Å². The van der Waals surface area contributed by atoms with Crippen molar-refractivity contribution in [3.8, 4) is 5.75 Å². The van der Waals surface area contributed by atoms with Gasteiger partial charge in [-0.2, -0.15) is 0 Å². The molecule has 0 bridgehead atoms. The second kappa shape index (κ2) is 7.44. The highest BCUT2D eigenvalue weighted by molar-refractivity contribution is 7.20.